The fourth-order valence-electron chi connectivity index (χ4n) is 1.90. The first-order valence-corrected chi connectivity index (χ1v) is 7.10. The van der Waals surface area contributed by atoms with E-state index in [1.807, 2.05) is 32.0 Å². The number of aryl methyl sites for hydroxylation is 1. The molecule has 2 aromatic rings. The molecule has 0 fully saturated rings. The second-order valence-corrected chi connectivity index (χ2v) is 5.70. The van der Waals surface area contributed by atoms with Gasteiger partial charge in [-0.05, 0) is 37.6 Å². The molecule has 0 saturated heterocycles. The maximum atomic E-state index is 6.12. The number of hydrogen-bond acceptors (Lipinski definition) is 4. The molecule has 0 aliphatic heterocycles. The van der Waals surface area contributed by atoms with Gasteiger partial charge in [-0.25, -0.2) is 0 Å². The molecule has 1 aromatic heterocycles. The van der Waals surface area contributed by atoms with E-state index in [4.69, 9.17) is 14.9 Å². The first-order valence-electron chi connectivity index (χ1n) is 6.22. The summed E-state index contributed by atoms with van der Waals surface area (Å²) in [5, 5.41) is 0.196. The molecule has 2 unspecified atom stereocenters. The molecule has 1 aromatic carbocycles. The zero-order valence-electron chi connectivity index (χ0n) is 11.4. The standard InChI is InChI=1S/C15H19NO2S/c1-10(16)15(19-14-8-9-18-11(14)2)12-4-6-13(17-3)7-5-12/h4-10,15H,16H2,1-3H3. The zero-order chi connectivity index (χ0) is 13.8. The van der Waals surface area contributed by atoms with Crippen LogP contribution in [-0.4, -0.2) is 13.2 Å². The number of thioether (sulfide) groups is 1. The fourth-order valence-corrected chi connectivity index (χ4v) is 3.03. The molecule has 4 heteroatoms. The third kappa shape index (κ3) is 3.33. The predicted octanol–water partition coefficient (Wildman–Crippen LogP) is 3.78. The lowest BCUT2D eigenvalue weighted by molar-refractivity contribution is 0.414. The number of ether oxygens (including phenoxy) is 1. The lowest BCUT2D eigenvalue weighted by Crippen LogP contribution is -2.22. The van der Waals surface area contributed by atoms with Gasteiger partial charge in [0, 0.05) is 16.2 Å². The highest BCUT2D eigenvalue weighted by Gasteiger charge is 2.19. The van der Waals surface area contributed by atoms with Crippen molar-refractivity contribution in [2.24, 2.45) is 5.73 Å². The van der Waals surface area contributed by atoms with Crippen LogP contribution in [0.1, 0.15) is 23.5 Å². The first-order chi connectivity index (χ1) is 9.11. The second kappa shape index (κ2) is 6.17. The van der Waals surface area contributed by atoms with Crippen molar-refractivity contribution in [2.75, 3.05) is 7.11 Å². The van der Waals surface area contributed by atoms with Gasteiger partial charge in [0.2, 0.25) is 0 Å². The molecule has 0 bridgehead atoms. The van der Waals surface area contributed by atoms with Crippen LogP contribution in [0.2, 0.25) is 0 Å². The van der Waals surface area contributed by atoms with Gasteiger partial charge in [-0.2, -0.15) is 0 Å². The van der Waals surface area contributed by atoms with Gasteiger partial charge < -0.3 is 14.9 Å². The molecule has 2 atom stereocenters. The number of furan rings is 1. The molecule has 0 spiro atoms. The van der Waals surface area contributed by atoms with Crippen molar-refractivity contribution in [3.8, 4) is 5.75 Å². The van der Waals surface area contributed by atoms with Crippen LogP contribution < -0.4 is 10.5 Å². The minimum absolute atomic E-state index is 0.0488. The highest BCUT2D eigenvalue weighted by Crippen LogP contribution is 2.39. The third-order valence-electron chi connectivity index (χ3n) is 2.99. The minimum Gasteiger partial charge on any atom is -0.497 e. The summed E-state index contributed by atoms with van der Waals surface area (Å²) in [6, 6.07) is 10.1. The van der Waals surface area contributed by atoms with E-state index < -0.39 is 0 Å². The Bertz CT molecular complexity index is 519. The molecular formula is C15H19NO2S. The Hall–Kier alpha value is -1.39. The molecule has 0 aliphatic carbocycles. The van der Waals surface area contributed by atoms with Gasteiger partial charge in [0.05, 0.1) is 13.4 Å². The third-order valence-corrected chi connectivity index (χ3v) is 4.62. The van der Waals surface area contributed by atoms with Crippen LogP contribution in [0.5, 0.6) is 5.75 Å². The van der Waals surface area contributed by atoms with E-state index >= 15 is 0 Å². The van der Waals surface area contributed by atoms with E-state index in [0.717, 1.165) is 16.4 Å². The van der Waals surface area contributed by atoms with Gasteiger partial charge in [0.1, 0.15) is 11.5 Å². The topological polar surface area (TPSA) is 48.4 Å². The van der Waals surface area contributed by atoms with Crippen molar-refractivity contribution in [3.05, 3.63) is 47.9 Å². The van der Waals surface area contributed by atoms with E-state index in [9.17, 15) is 0 Å². The highest BCUT2D eigenvalue weighted by atomic mass is 32.2. The summed E-state index contributed by atoms with van der Waals surface area (Å²) in [6.45, 7) is 3.99. The van der Waals surface area contributed by atoms with Crippen LogP contribution in [0, 0.1) is 6.92 Å². The van der Waals surface area contributed by atoms with Gasteiger partial charge in [-0.1, -0.05) is 12.1 Å². The summed E-state index contributed by atoms with van der Waals surface area (Å²) in [5.41, 5.74) is 7.32. The largest absolute Gasteiger partial charge is 0.497 e. The van der Waals surface area contributed by atoms with Crippen LogP contribution in [0.3, 0.4) is 0 Å². The summed E-state index contributed by atoms with van der Waals surface area (Å²) in [5.74, 6) is 1.79. The maximum absolute atomic E-state index is 6.12. The van der Waals surface area contributed by atoms with Crippen LogP contribution in [0.4, 0.5) is 0 Å². The summed E-state index contributed by atoms with van der Waals surface area (Å²) in [4.78, 5) is 1.14. The van der Waals surface area contributed by atoms with E-state index in [1.165, 1.54) is 5.56 Å². The Morgan fingerprint density at radius 3 is 2.37 bits per heavy atom. The maximum Gasteiger partial charge on any atom is 0.118 e. The van der Waals surface area contributed by atoms with Gasteiger partial charge >= 0.3 is 0 Å². The molecule has 0 aliphatic rings. The van der Waals surface area contributed by atoms with Crippen molar-refractivity contribution >= 4 is 11.8 Å². The smallest absolute Gasteiger partial charge is 0.118 e. The van der Waals surface area contributed by atoms with Crippen LogP contribution >= 0.6 is 11.8 Å². The van der Waals surface area contributed by atoms with Crippen LogP contribution in [0.15, 0.2) is 45.9 Å². The van der Waals surface area contributed by atoms with Gasteiger partial charge in [-0.3, -0.25) is 0 Å². The zero-order valence-corrected chi connectivity index (χ0v) is 12.2. The molecule has 0 amide bonds. The number of benzene rings is 1. The Balaban J connectivity index is 2.22. The number of hydrogen-bond donors (Lipinski definition) is 1. The van der Waals surface area contributed by atoms with E-state index in [1.54, 1.807) is 25.1 Å². The van der Waals surface area contributed by atoms with Gasteiger partial charge in [-0.15, -0.1) is 11.8 Å². The predicted molar refractivity (Wildman–Crippen MR) is 78.7 cm³/mol. The van der Waals surface area contributed by atoms with E-state index in [2.05, 4.69) is 12.1 Å². The van der Waals surface area contributed by atoms with Crippen molar-refractivity contribution in [2.45, 2.75) is 30.0 Å². The van der Waals surface area contributed by atoms with Crippen molar-refractivity contribution < 1.29 is 9.15 Å². The number of rotatable bonds is 5. The minimum atomic E-state index is 0.0488. The number of methoxy groups -OCH3 is 1. The highest BCUT2D eigenvalue weighted by molar-refractivity contribution is 7.99. The van der Waals surface area contributed by atoms with E-state index in [0.29, 0.717) is 0 Å². The fraction of sp³-hybridized carbons (Fsp3) is 0.333. The van der Waals surface area contributed by atoms with Gasteiger partial charge in [0.25, 0.3) is 0 Å². The Labute approximate surface area is 118 Å². The van der Waals surface area contributed by atoms with Crippen molar-refractivity contribution in [3.63, 3.8) is 0 Å². The molecule has 19 heavy (non-hydrogen) atoms. The molecule has 0 saturated carbocycles. The second-order valence-electron chi connectivity index (χ2n) is 4.51. The molecule has 3 nitrogen and oxygen atoms in total. The molecule has 2 rings (SSSR count). The van der Waals surface area contributed by atoms with Crippen molar-refractivity contribution in [1.29, 1.82) is 0 Å². The first kappa shape index (κ1) is 14.0. The van der Waals surface area contributed by atoms with Crippen molar-refractivity contribution in [1.82, 2.24) is 0 Å². The Kier molecular flexibility index (Phi) is 4.56. The van der Waals surface area contributed by atoms with Gasteiger partial charge in [0.15, 0.2) is 0 Å². The van der Waals surface area contributed by atoms with Crippen LogP contribution in [-0.2, 0) is 0 Å². The molecular weight excluding hydrogens is 258 g/mol. The summed E-state index contributed by atoms with van der Waals surface area (Å²) < 4.78 is 10.5. The average molecular weight is 277 g/mol. The molecule has 0 radical (unpaired) electrons. The summed E-state index contributed by atoms with van der Waals surface area (Å²) in [7, 11) is 1.67. The van der Waals surface area contributed by atoms with Crippen LogP contribution in [0.25, 0.3) is 0 Å². The molecule has 2 N–H and O–H groups in total. The average Bonchev–Trinajstić information content (AvgIpc) is 2.81. The molecule has 1 heterocycles. The lowest BCUT2D eigenvalue weighted by atomic mass is 10.1. The number of nitrogens with two attached hydrogens (primary N) is 1. The molecule has 102 valence electrons. The summed E-state index contributed by atoms with van der Waals surface area (Å²) in [6.07, 6.45) is 1.71. The quantitative estimate of drug-likeness (QED) is 0.845. The van der Waals surface area contributed by atoms with E-state index in [-0.39, 0.29) is 11.3 Å². The Morgan fingerprint density at radius 1 is 1.21 bits per heavy atom. The Morgan fingerprint density at radius 2 is 1.89 bits per heavy atom. The normalized spacial score (nSPS) is 14.1. The SMILES string of the molecule is COc1ccc(C(Sc2ccoc2C)C(C)N)cc1. The lowest BCUT2D eigenvalue weighted by Gasteiger charge is -2.20. The monoisotopic (exact) mass is 277 g/mol. The summed E-state index contributed by atoms with van der Waals surface area (Å²) >= 11 is 1.74.